The second-order valence-electron chi connectivity index (χ2n) is 6.82. The quantitative estimate of drug-likeness (QED) is 0.745. The van der Waals surface area contributed by atoms with E-state index in [2.05, 4.69) is 10.2 Å². The molecule has 1 saturated heterocycles. The first kappa shape index (κ1) is 19.8. The summed E-state index contributed by atoms with van der Waals surface area (Å²) in [6, 6.07) is 12.8. The summed E-state index contributed by atoms with van der Waals surface area (Å²) in [5, 5.41) is 3.61. The van der Waals surface area contributed by atoms with Gasteiger partial charge in [0.25, 0.3) is 5.91 Å². The molecule has 1 atom stereocenters. The molecule has 154 valence electrons. The van der Waals surface area contributed by atoms with Crippen molar-refractivity contribution in [1.82, 2.24) is 10.2 Å². The van der Waals surface area contributed by atoms with Crippen LogP contribution in [-0.2, 0) is 9.53 Å². The molecular formula is C21H23ClN2O5. The number of hydrogen-bond donors (Lipinski definition) is 1. The van der Waals surface area contributed by atoms with Gasteiger partial charge in [-0.3, -0.25) is 9.69 Å². The zero-order chi connectivity index (χ0) is 20.1. The van der Waals surface area contributed by atoms with Crippen molar-refractivity contribution in [2.24, 2.45) is 0 Å². The second-order valence-corrected chi connectivity index (χ2v) is 7.26. The number of ether oxygens (including phenoxy) is 4. The van der Waals surface area contributed by atoms with Gasteiger partial charge in [-0.05, 0) is 42.0 Å². The lowest BCUT2D eigenvalue weighted by Gasteiger charge is -2.35. The molecule has 0 spiro atoms. The third-order valence-electron chi connectivity index (χ3n) is 4.94. The monoisotopic (exact) mass is 418 g/mol. The number of morpholine rings is 1. The summed E-state index contributed by atoms with van der Waals surface area (Å²) in [4.78, 5) is 14.6. The number of fused-ring (bicyclic) bond motifs is 1. The van der Waals surface area contributed by atoms with Crippen LogP contribution < -0.4 is 19.5 Å². The number of nitrogens with one attached hydrogen (secondary N) is 1. The molecular weight excluding hydrogens is 396 g/mol. The number of halogens is 1. The van der Waals surface area contributed by atoms with Crippen molar-refractivity contribution in [2.45, 2.75) is 6.04 Å². The predicted molar refractivity (Wildman–Crippen MR) is 108 cm³/mol. The average Bonchev–Trinajstić information content (AvgIpc) is 3.22. The maximum atomic E-state index is 12.3. The van der Waals surface area contributed by atoms with Crippen molar-refractivity contribution in [3.05, 3.63) is 53.1 Å². The van der Waals surface area contributed by atoms with Gasteiger partial charge in [0, 0.05) is 24.7 Å². The molecule has 2 heterocycles. The molecule has 2 aliphatic heterocycles. The predicted octanol–water partition coefficient (Wildman–Crippen LogP) is 2.64. The fourth-order valence-electron chi connectivity index (χ4n) is 3.41. The molecule has 1 amide bonds. The van der Waals surface area contributed by atoms with E-state index >= 15 is 0 Å². The molecule has 4 rings (SSSR count). The summed E-state index contributed by atoms with van der Waals surface area (Å²) in [7, 11) is 0. The summed E-state index contributed by atoms with van der Waals surface area (Å²) in [5.41, 5.74) is 1.06. The van der Waals surface area contributed by atoms with Crippen molar-refractivity contribution in [2.75, 3.05) is 46.2 Å². The Balaban J connectivity index is 1.38. The molecule has 0 saturated carbocycles. The van der Waals surface area contributed by atoms with E-state index < -0.39 is 0 Å². The van der Waals surface area contributed by atoms with E-state index in [0.717, 1.165) is 30.2 Å². The molecule has 1 fully saturated rings. The Morgan fingerprint density at radius 1 is 1.10 bits per heavy atom. The normalized spacial score (nSPS) is 17.0. The molecule has 29 heavy (non-hydrogen) atoms. The van der Waals surface area contributed by atoms with E-state index in [4.69, 9.17) is 30.5 Å². The molecule has 0 radical (unpaired) electrons. The standard InChI is InChI=1S/C21H23ClN2O5/c22-16-2-4-17(5-3-16)27-13-21(25)23-12-18(24-7-9-26-10-8-24)15-1-6-19-20(11-15)29-14-28-19/h1-6,11,18H,7-10,12-14H2,(H,23,25). The minimum absolute atomic E-state index is 0.00730. The Hall–Kier alpha value is -2.48. The number of amides is 1. The largest absolute Gasteiger partial charge is 0.484 e. The lowest BCUT2D eigenvalue weighted by atomic mass is 10.0. The molecule has 2 aromatic rings. The van der Waals surface area contributed by atoms with Gasteiger partial charge in [-0.1, -0.05) is 17.7 Å². The molecule has 0 bridgehead atoms. The van der Waals surface area contributed by atoms with E-state index in [1.807, 2.05) is 18.2 Å². The second kappa shape index (κ2) is 9.35. The maximum Gasteiger partial charge on any atom is 0.258 e. The SMILES string of the molecule is O=C(COc1ccc(Cl)cc1)NCC(c1ccc2c(c1)OCO2)N1CCOCC1. The third kappa shape index (κ3) is 5.12. The maximum absolute atomic E-state index is 12.3. The number of carbonyl (C=O) groups excluding carboxylic acids is 1. The minimum atomic E-state index is -0.182. The lowest BCUT2D eigenvalue weighted by molar-refractivity contribution is -0.123. The lowest BCUT2D eigenvalue weighted by Crippen LogP contribution is -2.44. The van der Waals surface area contributed by atoms with Gasteiger partial charge >= 0.3 is 0 Å². The highest BCUT2D eigenvalue weighted by Gasteiger charge is 2.25. The molecule has 1 N–H and O–H groups in total. The number of nitrogens with zero attached hydrogens (tertiary/aromatic N) is 1. The summed E-state index contributed by atoms with van der Waals surface area (Å²) in [6.07, 6.45) is 0. The first-order valence-corrected chi connectivity index (χ1v) is 9.93. The van der Waals surface area contributed by atoms with Crippen LogP contribution in [0.25, 0.3) is 0 Å². The third-order valence-corrected chi connectivity index (χ3v) is 5.20. The van der Waals surface area contributed by atoms with Crippen LogP contribution in [0.1, 0.15) is 11.6 Å². The number of hydrogen-bond acceptors (Lipinski definition) is 6. The Kier molecular flexibility index (Phi) is 6.39. The van der Waals surface area contributed by atoms with Crippen molar-refractivity contribution in [1.29, 1.82) is 0 Å². The topological polar surface area (TPSA) is 69.3 Å². The highest BCUT2D eigenvalue weighted by Crippen LogP contribution is 2.35. The summed E-state index contributed by atoms with van der Waals surface area (Å²) in [5.74, 6) is 1.90. The first-order valence-electron chi connectivity index (χ1n) is 9.55. The van der Waals surface area contributed by atoms with E-state index in [1.165, 1.54) is 0 Å². The van der Waals surface area contributed by atoms with Gasteiger partial charge < -0.3 is 24.3 Å². The Bertz CT molecular complexity index is 839. The van der Waals surface area contributed by atoms with Crippen LogP contribution >= 0.6 is 11.6 Å². The van der Waals surface area contributed by atoms with E-state index in [0.29, 0.717) is 30.5 Å². The summed E-state index contributed by atoms with van der Waals surface area (Å²) in [6.45, 7) is 3.59. The zero-order valence-electron chi connectivity index (χ0n) is 15.9. The first-order chi connectivity index (χ1) is 14.2. The Morgan fingerprint density at radius 3 is 2.66 bits per heavy atom. The van der Waals surface area contributed by atoms with Gasteiger partial charge in [-0.15, -0.1) is 0 Å². The van der Waals surface area contributed by atoms with Gasteiger partial charge in [0.2, 0.25) is 6.79 Å². The fraction of sp³-hybridized carbons (Fsp3) is 0.381. The van der Waals surface area contributed by atoms with Crippen LogP contribution in [0.4, 0.5) is 0 Å². The Morgan fingerprint density at radius 2 is 1.86 bits per heavy atom. The fourth-order valence-corrected chi connectivity index (χ4v) is 3.53. The van der Waals surface area contributed by atoms with E-state index in [9.17, 15) is 4.79 Å². The van der Waals surface area contributed by atoms with Gasteiger partial charge in [0.15, 0.2) is 18.1 Å². The highest BCUT2D eigenvalue weighted by atomic mass is 35.5. The van der Waals surface area contributed by atoms with Crippen molar-refractivity contribution in [3.63, 3.8) is 0 Å². The van der Waals surface area contributed by atoms with Crippen LogP contribution in [0.3, 0.4) is 0 Å². The summed E-state index contributed by atoms with van der Waals surface area (Å²) >= 11 is 5.86. The number of carbonyl (C=O) groups is 1. The van der Waals surface area contributed by atoms with Gasteiger partial charge in [-0.25, -0.2) is 0 Å². The van der Waals surface area contributed by atoms with E-state index in [-0.39, 0.29) is 25.3 Å². The summed E-state index contributed by atoms with van der Waals surface area (Å²) < 4.78 is 21.9. The number of benzene rings is 2. The molecule has 8 heteroatoms. The molecule has 0 aromatic heterocycles. The minimum Gasteiger partial charge on any atom is -0.484 e. The van der Waals surface area contributed by atoms with Crippen LogP contribution in [0.5, 0.6) is 17.2 Å². The Labute approximate surface area is 174 Å². The molecule has 2 aromatic carbocycles. The number of rotatable bonds is 7. The van der Waals surface area contributed by atoms with Crippen molar-refractivity contribution >= 4 is 17.5 Å². The van der Waals surface area contributed by atoms with E-state index in [1.54, 1.807) is 24.3 Å². The van der Waals surface area contributed by atoms with Crippen LogP contribution in [0, 0.1) is 0 Å². The molecule has 1 unspecified atom stereocenters. The van der Waals surface area contributed by atoms with Crippen LogP contribution in [0.15, 0.2) is 42.5 Å². The average molecular weight is 419 g/mol. The van der Waals surface area contributed by atoms with Crippen molar-refractivity contribution < 1.29 is 23.7 Å². The highest BCUT2D eigenvalue weighted by molar-refractivity contribution is 6.30. The van der Waals surface area contributed by atoms with Gasteiger partial charge in [-0.2, -0.15) is 0 Å². The van der Waals surface area contributed by atoms with Crippen LogP contribution in [0.2, 0.25) is 5.02 Å². The zero-order valence-corrected chi connectivity index (χ0v) is 16.7. The molecule has 2 aliphatic rings. The molecule has 7 nitrogen and oxygen atoms in total. The van der Waals surface area contributed by atoms with Gasteiger partial charge in [0.05, 0.1) is 19.3 Å². The smallest absolute Gasteiger partial charge is 0.258 e. The van der Waals surface area contributed by atoms with Crippen LogP contribution in [-0.4, -0.2) is 57.1 Å². The molecule has 0 aliphatic carbocycles. The van der Waals surface area contributed by atoms with Crippen molar-refractivity contribution in [3.8, 4) is 17.2 Å². The van der Waals surface area contributed by atoms with Gasteiger partial charge in [0.1, 0.15) is 5.75 Å².